The molecule has 118 valence electrons. The van der Waals surface area contributed by atoms with Crippen LogP contribution in [0.3, 0.4) is 0 Å². The van der Waals surface area contributed by atoms with Crippen LogP contribution in [0.1, 0.15) is 5.56 Å². The fraction of sp³-hybridized carbons (Fsp3) is 0.0556. The maximum Gasteiger partial charge on any atom is 0.370 e. The Labute approximate surface area is 142 Å². The minimum atomic E-state index is -0.535. The second-order valence-electron chi connectivity index (χ2n) is 5.26. The predicted molar refractivity (Wildman–Crippen MR) is 92.5 cm³/mol. The maximum atomic E-state index is 12.3. The summed E-state index contributed by atoms with van der Waals surface area (Å²) in [5, 5.41) is 4.47. The highest BCUT2D eigenvalue weighted by Gasteiger charge is 2.38. The average molecular weight is 336 g/mol. The molecule has 6 heteroatoms. The van der Waals surface area contributed by atoms with Crippen LogP contribution in [-0.2, 0) is 14.4 Å². The van der Waals surface area contributed by atoms with Crippen molar-refractivity contribution in [3.8, 4) is 0 Å². The monoisotopic (exact) mass is 336 g/mol. The summed E-state index contributed by atoms with van der Waals surface area (Å²) < 4.78 is 0. The molecule has 2 heterocycles. The topological polar surface area (TPSA) is 59.0 Å². The van der Waals surface area contributed by atoms with E-state index in [1.165, 1.54) is 0 Å². The number of nitrogens with zero attached hydrogens (tertiary/aromatic N) is 2. The van der Waals surface area contributed by atoms with Crippen LogP contribution in [0.5, 0.6) is 0 Å². The van der Waals surface area contributed by atoms with Gasteiger partial charge in [0.2, 0.25) is 5.12 Å². The summed E-state index contributed by atoms with van der Waals surface area (Å²) in [6.07, 6.45) is 0. The molecule has 0 spiro atoms. The number of hydrogen-bond acceptors (Lipinski definition) is 6. The van der Waals surface area contributed by atoms with Crippen LogP contribution in [0.2, 0.25) is 0 Å². The Morgan fingerprint density at radius 1 is 0.958 bits per heavy atom. The molecule has 0 aromatic heterocycles. The molecule has 0 amide bonds. The van der Waals surface area contributed by atoms with Crippen LogP contribution in [0.15, 0.2) is 76.4 Å². The highest BCUT2D eigenvalue weighted by atomic mass is 32.2. The van der Waals surface area contributed by atoms with Crippen molar-refractivity contribution in [1.82, 2.24) is 0 Å². The lowest BCUT2D eigenvalue weighted by molar-refractivity contribution is -0.136. The van der Waals surface area contributed by atoms with E-state index in [-0.39, 0.29) is 11.7 Å². The third-order valence-electron chi connectivity index (χ3n) is 3.73. The Kier molecular flexibility index (Phi) is 3.66. The van der Waals surface area contributed by atoms with Gasteiger partial charge >= 0.3 is 5.97 Å². The van der Waals surface area contributed by atoms with E-state index >= 15 is 0 Å². The summed E-state index contributed by atoms with van der Waals surface area (Å²) in [5.41, 5.74) is 2.42. The molecule has 0 atom stereocenters. The van der Waals surface area contributed by atoms with Gasteiger partial charge in [-0.2, -0.15) is 0 Å². The average Bonchev–Trinajstić information content (AvgIpc) is 3.19. The van der Waals surface area contributed by atoms with E-state index < -0.39 is 5.97 Å². The molecule has 1 fully saturated rings. The number of carbonyl (C=O) groups is 2. The molecule has 0 radical (unpaired) electrons. The quantitative estimate of drug-likeness (QED) is 0.623. The number of oxime groups is 1. The van der Waals surface area contributed by atoms with Crippen molar-refractivity contribution in [3.05, 3.63) is 76.8 Å². The molecule has 2 aromatic rings. The van der Waals surface area contributed by atoms with Gasteiger partial charge in [-0.3, -0.25) is 4.79 Å². The maximum absolute atomic E-state index is 12.3. The van der Waals surface area contributed by atoms with Gasteiger partial charge < -0.3 is 9.74 Å². The molecule has 2 aliphatic rings. The van der Waals surface area contributed by atoms with Crippen LogP contribution in [0, 0.1) is 0 Å². The minimum absolute atomic E-state index is 0.0199. The van der Waals surface area contributed by atoms with E-state index in [1.54, 1.807) is 0 Å². The molecule has 0 unspecified atom stereocenters. The number of rotatable bonds is 2. The van der Waals surface area contributed by atoms with Crippen molar-refractivity contribution in [2.24, 2.45) is 5.16 Å². The molecular formula is C18H12N2O3S. The Bertz CT molecular complexity index is 876. The highest BCUT2D eigenvalue weighted by molar-refractivity contribution is 8.17. The molecule has 0 N–H and O–H groups in total. The summed E-state index contributed by atoms with van der Waals surface area (Å²) >= 11 is 1.05. The van der Waals surface area contributed by atoms with Crippen LogP contribution in [-0.4, -0.2) is 23.3 Å². The first-order valence-electron chi connectivity index (χ1n) is 7.37. The van der Waals surface area contributed by atoms with Crippen LogP contribution < -0.4 is 4.90 Å². The normalized spacial score (nSPS) is 20.3. The zero-order valence-electron chi connectivity index (χ0n) is 12.5. The number of thioether (sulfide) groups is 1. The van der Waals surface area contributed by atoms with Gasteiger partial charge in [0.15, 0.2) is 0 Å². The Hall–Kier alpha value is -2.86. The third-order valence-corrected chi connectivity index (χ3v) is 4.71. The Morgan fingerprint density at radius 3 is 2.33 bits per heavy atom. The summed E-state index contributed by atoms with van der Waals surface area (Å²) in [4.78, 5) is 31.1. The summed E-state index contributed by atoms with van der Waals surface area (Å²) in [6.45, 7) is 0.211. The fourth-order valence-electron chi connectivity index (χ4n) is 2.66. The first kappa shape index (κ1) is 14.7. The summed E-state index contributed by atoms with van der Waals surface area (Å²) in [5.74, 6) is -0.535. The first-order valence-corrected chi connectivity index (χ1v) is 8.18. The SMILES string of the molecule is O=C1CN(c2ccccc2)C(=C2C(=O)ON=C2c2ccccc2)S1. The van der Waals surface area contributed by atoms with Crippen molar-refractivity contribution in [2.75, 3.05) is 11.4 Å². The minimum Gasteiger partial charge on any atom is -0.327 e. The van der Waals surface area contributed by atoms with E-state index in [0.29, 0.717) is 16.3 Å². The molecule has 0 bridgehead atoms. The van der Waals surface area contributed by atoms with Crippen molar-refractivity contribution in [3.63, 3.8) is 0 Å². The molecule has 0 saturated carbocycles. The smallest absolute Gasteiger partial charge is 0.327 e. The largest absolute Gasteiger partial charge is 0.370 e. The van der Waals surface area contributed by atoms with Crippen molar-refractivity contribution < 1.29 is 14.4 Å². The van der Waals surface area contributed by atoms with Crippen LogP contribution in [0.4, 0.5) is 5.69 Å². The van der Waals surface area contributed by atoms with Gasteiger partial charge in [0.05, 0.1) is 6.54 Å². The predicted octanol–water partition coefficient (Wildman–Crippen LogP) is 2.94. The number of anilines is 1. The molecule has 5 nitrogen and oxygen atoms in total. The molecule has 4 rings (SSSR count). The second kappa shape index (κ2) is 5.98. The van der Waals surface area contributed by atoms with Crippen molar-refractivity contribution in [1.29, 1.82) is 0 Å². The molecule has 1 saturated heterocycles. The van der Waals surface area contributed by atoms with Crippen LogP contribution >= 0.6 is 11.8 Å². The van der Waals surface area contributed by atoms with Gasteiger partial charge in [-0.15, -0.1) is 0 Å². The first-order chi connectivity index (χ1) is 11.7. The van der Waals surface area contributed by atoms with Crippen LogP contribution in [0.25, 0.3) is 0 Å². The lowest BCUT2D eigenvalue weighted by Crippen LogP contribution is -2.22. The van der Waals surface area contributed by atoms with Crippen molar-refractivity contribution >= 4 is 34.2 Å². The third kappa shape index (κ3) is 2.51. The van der Waals surface area contributed by atoms with E-state index in [0.717, 1.165) is 23.0 Å². The van der Waals surface area contributed by atoms with Gasteiger partial charge in [-0.05, 0) is 23.9 Å². The molecule has 2 aliphatic heterocycles. The Balaban J connectivity index is 1.84. The van der Waals surface area contributed by atoms with Gasteiger partial charge in [-0.25, -0.2) is 4.79 Å². The second-order valence-corrected chi connectivity index (χ2v) is 6.31. The molecular weight excluding hydrogens is 324 g/mol. The van der Waals surface area contributed by atoms with E-state index in [4.69, 9.17) is 4.84 Å². The lowest BCUT2D eigenvalue weighted by atomic mass is 10.0. The number of benzene rings is 2. The summed E-state index contributed by atoms with van der Waals surface area (Å²) in [6, 6.07) is 18.8. The zero-order valence-corrected chi connectivity index (χ0v) is 13.3. The molecule has 0 aliphatic carbocycles. The van der Waals surface area contributed by atoms with Gasteiger partial charge in [-0.1, -0.05) is 53.7 Å². The number of carbonyl (C=O) groups excluding carboxylic acids is 2. The van der Waals surface area contributed by atoms with E-state index in [9.17, 15) is 9.59 Å². The van der Waals surface area contributed by atoms with Crippen molar-refractivity contribution in [2.45, 2.75) is 0 Å². The zero-order chi connectivity index (χ0) is 16.5. The van der Waals surface area contributed by atoms with E-state index in [2.05, 4.69) is 5.16 Å². The number of para-hydroxylation sites is 1. The highest BCUT2D eigenvalue weighted by Crippen LogP contribution is 2.38. The summed E-state index contributed by atoms with van der Waals surface area (Å²) in [7, 11) is 0. The molecule has 24 heavy (non-hydrogen) atoms. The Morgan fingerprint density at radius 2 is 1.62 bits per heavy atom. The molecule has 2 aromatic carbocycles. The van der Waals surface area contributed by atoms with Gasteiger partial charge in [0.25, 0.3) is 0 Å². The number of hydrogen-bond donors (Lipinski definition) is 0. The van der Waals surface area contributed by atoms with E-state index in [1.807, 2.05) is 65.6 Å². The van der Waals surface area contributed by atoms with Gasteiger partial charge in [0, 0.05) is 11.3 Å². The van der Waals surface area contributed by atoms with Gasteiger partial charge in [0.1, 0.15) is 16.3 Å². The standard InChI is InChI=1S/C18H12N2O3S/c21-14-11-20(13-9-5-2-6-10-13)17(24-14)15-16(19-23-18(15)22)12-7-3-1-4-8-12/h1-10H,11H2. The fourth-order valence-corrected chi connectivity index (χ4v) is 3.63. The lowest BCUT2D eigenvalue weighted by Gasteiger charge is -2.19.